The monoisotopic (exact) mass is 307 g/mol. The molecule has 1 aliphatic rings. The van der Waals surface area contributed by atoms with E-state index in [1.54, 1.807) is 0 Å². The molecule has 1 fully saturated rings. The lowest BCUT2D eigenvalue weighted by atomic mass is 10.2. The third kappa shape index (κ3) is 3.61. The fourth-order valence-electron chi connectivity index (χ4n) is 2.64. The van der Waals surface area contributed by atoms with Crippen molar-refractivity contribution in [1.29, 1.82) is 0 Å². The third-order valence-electron chi connectivity index (χ3n) is 3.42. The smallest absolute Gasteiger partial charge is 0.257 e. The summed E-state index contributed by atoms with van der Waals surface area (Å²) >= 11 is 5.88. The summed E-state index contributed by atoms with van der Waals surface area (Å²) < 4.78 is 11.0. The molecule has 2 heterocycles. The van der Waals surface area contributed by atoms with Gasteiger partial charge in [0.15, 0.2) is 5.82 Å². The van der Waals surface area contributed by atoms with E-state index in [0.29, 0.717) is 23.3 Å². The van der Waals surface area contributed by atoms with Gasteiger partial charge in [0.05, 0.1) is 18.8 Å². The van der Waals surface area contributed by atoms with Crippen molar-refractivity contribution in [2.24, 2.45) is 0 Å². The molecule has 0 aliphatic carbocycles. The van der Waals surface area contributed by atoms with E-state index in [1.165, 1.54) is 0 Å². The Balaban J connectivity index is 1.69. The Morgan fingerprint density at radius 2 is 1.86 bits per heavy atom. The molecule has 3 rings (SSSR count). The fraction of sp³-hybridized carbons (Fsp3) is 0.467. The molecule has 0 bridgehead atoms. The van der Waals surface area contributed by atoms with Crippen LogP contribution in [0.5, 0.6) is 0 Å². The van der Waals surface area contributed by atoms with E-state index in [-0.39, 0.29) is 12.2 Å². The SMILES string of the molecule is CC1CN(Cc2noc(-c3ccc(Cl)cc3)n2)CC(C)O1. The highest BCUT2D eigenvalue weighted by molar-refractivity contribution is 6.30. The Kier molecular flexibility index (Phi) is 4.24. The van der Waals surface area contributed by atoms with Crippen molar-refractivity contribution in [1.82, 2.24) is 15.0 Å². The van der Waals surface area contributed by atoms with Crippen LogP contribution in [0.2, 0.25) is 5.02 Å². The molecule has 5 nitrogen and oxygen atoms in total. The lowest BCUT2D eigenvalue weighted by Gasteiger charge is -2.34. The Labute approximate surface area is 128 Å². The van der Waals surface area contributed by atoms with Gasteiger partial charge in [-0.25, -0.2) is 0 Å². The van der Waals surface area contributed by atoms with Crippen molar-refractivity contribution < 1.29 is 9.26 Å². The van der Waals surface area contributed by atoms with Crippen molar-refractivity contribution in [3.8, 4) is 11.5 Å². The summed E-state index contributed by atoms with van der Waals surface area (Å²) in [7, 11) is 0. The maximum atomic E-state index is 5.88. The molecular formula is C15H18ClN3O2. The third-order valence-corrected chi connectivity index (χ3v) is 3.67. The van der Waals surface area contributed by atoms with Gasteiger partial charge < -0.3 is 9.26 Å². The molecule has 21 heavy (non-hydrogen) atoms. The highest BCUT2D eigenvalue weighted by Crippen LogP contribution is 2.20. The van der Waals surface area contributed by atoms with Gasteiger partial charge in [-0.15, -0.1) is 0 Å². The van der Waals surface area contributed by atoms with Crippen LogP contribution in [0.25, 0.3) is 11.5 Å². The zero-order valence-electron chi connectivity index (χ0n) is 12.1. The van der Waals surface area contributed by atoms with Crippen molar-refractivity contribution in [2.75, 3.05) is 13.1 Å². The highest BCUT2D eigenvalue weighted by atomic mass is 35.5. The van der Waals surface area contributed by atoms with Gasteiger partial charge >= 0.3 is 0 Å². The minimum Gasteiger partial charge on any atom is -0.373 e. The van der Waals surface area contributed by atoms with Crippen molar-refractivity contribution in [3.63, 3.8) is 0 Å². The first-order valence-corrected chi connectivity index (χ1v) is 7.44. The Morgan fingerprint density at radius 1 is 1.19 bits per heavy atom. The minimum atomic E-state index is 0.233. The van der Waals surface area contributed by atoms with E-state index in [1.807, 2.05) is 24.3 Å². The van der Waals surface area contributed by atoms with Gasteiger partial charge in [-0.1, -0.05) is 16.8 Å². The van der Waals surface area contributed by atoms with Crippen LogP contribution in [0.1, 0.15) is 19.7 Å². The van der Waals surface area contributed by atoms with Crippen molar-refractivity contribution >= 4 is 11.6 Å². The first-order chi connectivity index (χ1) is 10.1. The Bertz CT molecular complexity index is 589. The highest BCUT2D eigenvalue weighted by Gasteiger charge is 2.23. The van der Waals surface area contributed by atoms with Gasteiger partial charge in [0.1, 0.15) is 0 Å². The van der Waals surface area contributed by atoms with E-state index in [9.17, 15) is 0 Å². The van der Waals surface area contributed by atoms with E-state index in [2.05, 4.69) is 28.9 Å². The molecule has 0 amide bonds. The largest absolute Gasteiger partial charge is 0.373 e. The van der Waals surface area contributed by atoms with E-state index < -0.39 is 0 Å². The number of hydrogen-bond acceptors (Lipinski definition) is 5. The average molecular weight is 308 g/mol. The number of halogens is 1. The number of ether oxygens (including phenoxy) is 1. The summed E-state index contributed by atoms with van der Waals surface area (Å²) in [5.74, 6) is 1.22. The number of morpholine rings is 1. The topological polar surface area (TPSA) is 51.4 Å². The van der Waals surface area contributed by atoms with Crippen LogP contribution in [0.4, 0.5) is 0 Å². The fourth-order valence-corrected chi connectivity index (χ4v) is 2.77. The maximum Gasteiger partial charge on any atom is 0.257 e. The van der Waals surface area contributed by atoms with Gasteiger partial charge in [0.25, 0.3) is 5.89 Å². The molecule has 1 saturated heterocycles. The van der Waals surface area contributed by atoms with E-state index in [0.717, 1.165) is 18.7 Å². The molecule has 1 aliphatic heterocycles. The second-order valence-corrected chi connectivity index (χ2v) is 5.91. The second-order valence-electron chi connectivity index (χ2n) is 5.47. The van der Waals surface area contributed by atoms with Crippen LogP contribution >= 0.6 is 11.6 Å². The van der Waals surface area contributed by atoms with Crippen LogP contribution in [0, 0.1) is 0 Å². The zero-order chi connectivity index (χ0) is 14.8. The predicted octanol–water partition coefficient (Wildman–Crippen LogP) is 3.00. The molecule has 1 aromatic carbocycles. The molecule has 0 N–H and O–H groups in total. The maximum absolute atomic E-state index is 5.88. The Morgan fingerprint density at radius 3 is 2.52 bits per heavy atom. The van der Waals surface area contributed by atoms with Crippen LogP contribution in [-0.2, 0) is 11.3 Å². The Hall–Kier alpha value is -1.43. The standard InChI is InChI=1S/C15H18ClN3O2/c1-10-7-19(8-11(2)20-10)9-14-17-15(21-18-14)12-3-5-13(16)6-4-12/h3-6,10-11H,7-9H2,1-2H3. The van der Waals surface area contributed by atoms with Crippen LogP contribution in [0.15, 0.2) is 28.8 Å². The van der Waals surface area contributed by atoms with Crippen LogP contribution in [-0.4, -0.2) is 40.3 Å². The molecule has 112 valence electrons. The van der Waals surface area contributed by atoms with Gasteiger partial charge in [0, 0.05) is 23.7 Å². The van der Waals surface area contributed by atoms with Gasteiger partial charge in [-0.3, -0.25) is 4.90 Å². The first-order valence-electron chi connectivity index (χ1n) is 7.06. The minimum absolute atomic E-state index is 0.233. The molecule has 0 saturated carbocycles. The van der Waals surface area contributed by atoms with Crippen LogP contribution < -0.4 is 0 Å². The normalized spacial score (nSPS) is 23.4. The molecule has 0 spiro atoms. The number of benzene rings is 1. The molecule has 1 aromatic heterocycles. The summed E-state index contributed by atoms with van der Waals surface area (Å²) in [5, 5.41) is 4.75. The van der Waals surface area contributed by atoms with Crippen molar-refractivity contribution in [2.45, 2.75) is 32.6 Å². The van der Waals surface area contributed by atoms with Crippen LogP contribution in [0.3, 0.4) is 0 Å². The van der Waals surface area contributed by atoms with E-state index >= 15 is 0 Å². The lowest BCUT2D eigenvalue weighted by molar-refractivity contribution is -0.0711. The number of rotatable bonds is 3. The van der Waals surface area contributed by atoms with Crippen molar-refractivity contribution in [3.05, 3.63) is 35.1 Å². The van der Waals surface area contributed by atoms with E-state index in [4.69, 9.17) is 20.9 Å². The first kappa shape index (κ1) is 14.5. The second kappa shape index (κ2) is 6.13. The molecule has 2 aromatic rings. The average Bonchev–Trinajstić information content (AvgIpc) is 2.87. The number of hydrogen-bond donors (Lipinski definition) is 0. The molecule has 2 atom stereocenters. The van der Waals surface area contributed by atoms with Gasteiger partial charge in [0.2, 0.25) is 0 Å². The summed E-state index contributed by atoms with van der Waals surface area (Å²) in [4.78, 5) is 6.74. The van der Waals surface area contributed by atoms with Gasteiger partial charge in [-0.2, -0.15) is 4.98 Å². The molecule has 0 radical (unpaired) electrons. The predicted molar refractivity (Wildman–Crippen MR) is 80.0 cm³/mol. The van der Waals surface area contributed by atoms with Gasteiger partial charge in [-0.05, 0) is 38.1 Å². The zero-order valence-corrected chi connectivity index (χ0v) is 12.9. The summed E-state index contributed by atoms with van der Waals surface area (Å²) in [6.07, 6.45) is 0.466. The lowest BCUT2D eigenvalue weighted by Crippen LogP contribution is -2.44. The summed E-state index contributed by atoms with van der Waals surface area (Å²) in [6.45, 7) is 6.61. The summed E-state index contributed by atoms with van der Waals surface area (Å²) in [5.41, 5.74) is 0.877. The molecular weight excluding hydrogens is 290 g/mol. The molecule has 2 unspecified atom stereocenters. The number of aromatic nitrogens is 2. The quantitative estimate of drug-likeness (QED) is 0.872. The molecule has 6 heteroatoms. The summed E-state index contributed by atoms with van der Waals surface area (Å²) in [6, 6.07) is 7.37. The number of nitrogens with zero attached hydrogens (tertiary/aromatic N) is 3.